The van der Waals surface area contributed by atoms with Crippen LogP contribution in [0.25, 0.3) is 10.9 Å². The van der Waals surface area contributed by atoms with E-state index in [1.165, 1.54) is 5.56 Å². The first-order valence-corrected chi connectivity index (χ1v) is 13.8. The summed E-state index contributed by atoms with van der Waals surface area (Å²) in [4.78, 5) is 36.6. The van der Waals surface area contributed by atoms with E-state index in [-0.39, 0.29) is 24.4 Å². The maximum absolute atomic E-state index is 14.0. The molecule has 0 spiro atoms. The van der Waals surface area contributed by atoms with Crippen molar-refractivity contribution in [2.45, 2.75) is 39.3 Å². The number of anilines is 1. The van der Waals surface area contributed by atoms with E-state index in [0.717, 1.165) is 28.6 Å². The average molecular weight is 541 g/mol. The molecule has 2 amide bonds. The number of hydrogen-bond donors (Lipinski definition) is 1. The Bertz CT molecular complexity index is 1430. The summed E-state index contributed by atoms with van der Waals surface area (Å²) in [5.74, 6) is 0.220. The Labute approximate surface area is 237 Å². The van der Waals surface area contributed by atoms with E-state index in [9.17, 15) is 9.59 Å². The molecule has 0 aliphatic rings. The summed E-state index contributed by atoms with van der Waals surface area (Å²) >= 11 is 0. The Hall–Kier alpha value is -4.26. The minimum atomic E-state index is -0.202. The predicted octanol–water partition coefficient (Wildman–Crippen LogP) is 5.75. The molecule has 7 heteroatoms. The van der Waals surface area contributed by atoms with Gasteiger partial charge in [0.2, 0.25) is 5.91 Å². The third-order valence-electron chi connectivity index (χ3n) is 7.53. The maximum atomic E-state index is 14.0. The van der Waals surface area contributed by atoms with Crippen molar-refractivity contribution in [1.29, 1.82) is 0 Å². The second-order valence-corrected chi connectivity index (χ2v) is 10.4. The molecule has 0 bridgehead atoms. The van der Waals surface area contributed by atoms with Crippen molar-refractivity contribution in [2.75, 3.05) is 39.2 Å². The number of ether oxygens (including phenoxy) is 1. The summed E-state index contributed by atoms with van der Waals surface area (Å²) < 4.78 is 5.45. The lowest BCUT2D eigenvalue weighted by molar-refractivity contribution is -0.133. The lowest BCUT2D eigenvalue weighted by Crippen LogP contribution is -2.47. The molecule has 3 aromatic carbocycles. The zero-order chi connectivity index (χ0) is 28.6. The quantitative estimate of drug-likeness (QED) is 0.248. The second kappa shape index (κ2) is 13.2. The van der Waals surface area contributed by atoms with Crippen LogP contribution in [0.1, 0.15) is 41.8 Å². The first kappa shape index (κ1) is 28.7. The van der Waals surface area contributed by atoms with Gasteiger partial charge < -0.3 is 24.4 Å². The molecule has 0 saturated carbocycles. The molecule has 0 aliphatic heterocycles. The number of carbonyl (C=O) groups excluding carboxylic acids is 2. The molecule has 7 nitrogen and oxygen atoms in total. The van der Waals surface area contributed by atoms with Crippen LogP contribution in [0.4, 0.5) is 5.69 Å². The number of nitrogens with one attached hydrogen (secondary N) is 1. The molecular weight excluding hydrogens is 500 g/mol. The predicted molar refractivity (Wildman–Crippen MR) is 162 cm³/mol. The standard InChI is InChI=1S/C33H40N4O3/c1-6-24(2)37(33(39)29-12-8-10-14-31(29)40-5)23-32(38)36(22-25-15-17-27(18-16-25)35(3)4)20-19-26-21-34-30-13-9-7-11-28(26)30/h7-18,21,24,34H,6,19-20,22-23H2,1-5H3. The lowest BCUT2D eigenvalue weighted by atomic mass is 10.1. The van der Waals surface area contributed by atoms with E-state index in [1.807, 2.05) is 63.3 Å². The molecule has 1 N–H and O–H groups in total. The summed E-state index contributed by atoms with van der Waals surface area (Å²) in [7, 11) is 5.57. The fourth-order valence-corrected chi connectivity index (χ4v) is 4.88. The van der Waals surface area contributed by atoms with Crippen molar-refractivity contribution in [2.24, 2.45) is 0 Å². The lowest BCUT2D eigenvalue weighted by Gasteiger charge is -2.32. The van der Waals surface area contributed by atoms with E-state index in [0.29, 0.717) is 30.8 Å². The van der Waals surface area contributed by atoms with Gasteiger partial charge in [-0.25, -0.2) is 0 Å². The summed E-state index contributed by atoms with van der Waals surface area (Å²) in [6.07, 6.45) is 3.46. The van der Waals surface area contributed by atoms with Crippen LogP contribution in [-0.2, 0) is 17.8 Å². The minimum Gasteiger partial charge on any atom is -0.496 e. The highest BCUT2D eigenvalue weighted by atomic mass is 16.5. The van der Waals surface area contributed by atoms with Crippen LogP contribution >= 0.6 is 0 Å². The zero-order valence-electron chi connectivity index (χ0n) is 24.2. The topological polar surface area (TPSA) is 68.9 Å². The van der Waals surface area contributed by atoms with Crippen LogP contribution in [-0.4, -0.2) is 66.9 Å². The van der Waals surface area contributed by atoms with Crippen LogP contribution in [0.15, 0.2) is 79.0 Å². The Kier molecular flexibility index (Phi) is 9.48. The molecule has 0 radical (unpaired) electrons. The third-order valence-corrected chi connectivity index (χ3v) is 7.53. The molecule has 1 unspecified atom stereocenters. The van der Waals surface area contributed by atoms with Crippen molar-refractivity contribution < 1.29 is 14.3 Å². The first-order valence-electron chi connectivity index (χ1n) is 13.8. The molecule has 0 saturated heterocycles. The van der Waals surface area contributed by atoms with E-state index in [2.05, 4.69) is 46.3 Å². The number of amides is 2. The highest BCUT2D eigenvalue weighted by molar-refractivity contribution is 5.99. The van der Waals surface area contributed by atoms with Gasteiger partial charge in [0.1, 0.15) is 12.3 Å². The van der Waals surface area contributed by atoms with Crippen LogP contribution < -0.4 is 9.64 Å². The van der Waals surface area contributed by atoms with Gasteiger partial charge in [-0.1, -0.05) is 49.4 Å². The molecule has 4 rings (SSSR count). The Morgan fingerprint density at radius 2 is 1.65 bits per heavy atom. The molecular formula is C33H40N4O3. The van der Waals surface area contributed by atoms with Crippen LogP contribution in [0.5, 0.6) is 5.75 Å². The summed E-state index contributed by atoms with van der Waals surface area (Å²) in [6.45, 7) is 5.00. The number of rotatable bonds is 12. The number of nitrogens with zero attached hydrogens (tertiary/aromatic N) is 3. The number of aromatic amines is 1. The fraction of sp³-hybridized carbons (Fsp3) is 0.333. The van der Waals surface area contributed by atoms with Gasteiger partial charge in [-0.2, -0.15) is 0 Å². The van der Waals surface area contributed by atoms with Gasteiger partial charge in [0.25, 0.3) is 5.91 Å². The third kappa shape index (κ3) is 6.65. The average Bonchev–Trinajstić information content (AvgIpc) is 3.40. The SMILES string of the molecule is CCC(C)N(CC(=O)N(CCc1c[nH]c2ccccc12)Cc1ccc(N(C)C)cc1)C(=O)c1ccccc1OC. The minimum absolute atomic E-state index is 0.00441. The van der Waals surface area contributed by atoms with Gasteiger partial charge in [-0.05, 0) is 61.2 Å². The fourth-order valence-electron chi connectivity index (χ4n) is 4.88. The van der Waals surface area contributed by atoms with Crippen molar-refractivity contribution >= 4 is 28.4 Å². The van der Waals surface area contributed by atoms with Crippen LogP contribution in [0.3, 0.4) is 0 Å². The number of hydrogen-bond acceptors (Lipinski definition) is 4. The molecule has 1 atom stereocenters. The van der Waals surface area contributed by atoms with E-state index >= 15 is 0 Å². The number of aromatic nitrogens is 1. The summed E-state index contributed by atoms with van der Waals surface area (Å²) in [5.41, 5.74) is 4.86. The summed E-state index contributed by atoms with van der Waals surface area (Å²) in [5, 5.41) is 1.16. The molecule has 0 aliphatic carbocycles. The second-order valence-electron chi connectivity index (χ2n) is 10.4. The van der Waals surface area contributed by atoms with Gasteiger partial charge in [0.05, 0.1) is 12.7 Å². The summed E-state index contributed by atoms with van der Waals surface area (Å²) in [6, 6.07) is 23.5. The zero-order valence-corrected chi connectivity index (χ0v) is 24.2. The van der Waals surface area contributed by atoms with Gasteiger partial charge in [-0.3, -0.25) is 9.59 Å². The molecule has 210 valence electrons. The van der Waals surface area contributed by atoms with Crippen molar-refractivity contribution in [3.05, 3.63) is 95.7 Å². The van der Waals surface area contributed by atoms with Crippen molar-refractivity contribution in [1.82, 2.24) is 14.8 Å². The van der Waals surface area contributed by atoms with E-state index in [4.69, 9.17) is 4.74 Å². The van der Waals surface area contributed by atoms with Crippen molar-refractivity contribution in [3.63, 3.8) is 0 Å². The molecule has 0 fully saturated rings. The van der Waals surface area contributed by atoms with Gasteiger partial charge in [0, 0.05) is 56.0 Å². The van der Waals surface area contributed by atoms with E-state index in [1.54, 1.807) is 24.1 Å². The largest absolute Gasteiger partial charge is 0.496 e. The van der Waals surface area contributed by atoms with E-state index < -0.39 is 0 Å². The molecule has 4 aromatic rings. The Morgan fingerprint density at radius 1 is 0.950 bits per heavy atom. The number of methoxy groups -OCH3 is 1. The van der Waals surface area contributed by atoms with Gasteiger partial charge >= 0.3 is 0 Å². The van der Waals surface area contributed by atoms with Crippen LogP contribution in [0, 0.1) is 0 Å². The first-order chi connectivity index (χ1) is 19.3. The maximum Gasteiger partial charge on any atom is 0.258 e. The molecule has 40 heavy (non-hydrogen) atoms. The number of fused-ring (bicyclic) bond motifs is 1. The highest BCUT2D eigenvalue weighted by Crippen LogP contribution is 2.23. The number of H-pyrrole nitrogens is 1. The number of benzene rings is 3. The van der Waals surface area contributed by atoms with Gasteiger partial charge in [0.15, 0.2) is 0 Å². The van der Waals surface area contributed by atoms with Gasteiger partial charge in [-0.15, -0.1) is 0 Å². The Balaban J connectivity index is 1.59. The highest BCUT2D eigenvalue weighted by Gasteiger charge is 2.27. The smallest absolute Gasteiger partial charge is 0.258 e. The number of carbonyl (C=O) groups is 2. The number of para-hydroxylation sites is 2. The molecule has 1 aromatic heterocycles. The van der Waals surface area contributed by atoms with Crippen LogP contribution in [0.2, 0.25) is 0 Å². The normalized spacial score (nSPS) is 11.7. The molecule has 1 heterocycles. The van der Waals surface area contributed by atoms with Crippen molar-refractivity contribution in [3.8, 4) is 5.75 Å². The Morgan fingerprint density at radius 3 is 2.35 bits per heavy atom. The monoisotopic (exact) mass is 540 g/mol.